The molecule has 0 aromatic heterocycles. The number of methoxy groups -OCH3 is 1. The van der Waals surface area contributed by atoms with Crippen molar-refractivity contribution < 1.29 is 18.3 Å². The molecule has 1 heterocycles. The number of para-hydroxylation sites is 1. The molecular formula is C16H16F2N2O2. The lowest BCUT2D eigenvalue weighted by atomic mass is 10.1. The average molecular weight is 306 g/mol. The third kappa shape index (κ3) is 2.52. The third-order valence-corrected chi connectivity index (χ3v) is 3.65. The van der Waals surface area contributed by atoms with Gasteiger partial charge in [-0.3, -0.25) is 0 Å². The van der Waals surface area contributed by atoms with Crippen molar-refractivity contribution in [3.8, 4) is 11.5 Å². The van der Waals surface area contributed by atoms with Crippen molar-refractivity contribution in [1.82, 2.24) is 0 Å². The van der Waals surface area contributed by atoms with Crippen LogP contribution in [0.3, 0.4) is 0 Å². The Balaban J connectivity index is 1.97. The second kappa shape index (κ2) is 5.71. The molecule has 0 saturated heterocycles. The van der Waals surface area contributed by atoms with Crippen molar-refractivity contribution >= 4 is 11.4 Å². The fourth-order valence-electron chi connectivity index (χ4n) is 2.59. The van der Waals surface area contributed by atoms with E-state index in [2.05, 4.69) is 0 Å². The van der Waals surface area contributed by atoms with E-state index in [-0.39, 0.29) is 11.5 Å². The molecule has 2 aromatic rings. The Morgan fingerprint density at radius 3 is 2.86 bits per heavy atom. The first-order valence-corrected chi connectivity index (χ1v) is 6.88. The van der Waals surface area contributed by atoms with Crippen LogP contribution in [0.25, 0.3) is 0 Å². The first-order valence-electron chi connectivity index (χ1n) is 6.88. The van der Waals surface area contributed by atoms with Crippen molar-refractivity contribution in [3.63, 3.8) is 0 Å². The van der Waals surface area contributed by atoms with Crippen LogP contribution in [-0.2, 0) is 6.54 Å². The fourth-order valence-corrected chi connectivity index (χ4v) is 2.59. The largest absolute Gasteiger partial charge is 0.496 e. The number of fused-ring (bicyclic) bond motifs is 1. The quantitative estimate of drug-likeness (QED) is 0.886. The van der Waals surface area contributed by atoms with Gasteiger partial charge in [-0.05, 0) is 18.2 Å². The number of halogens is 2. The molecule has 0 radical (unpaired) electrons. The molecule has 116 valence electrons. The molecule has 1 aliphatic rings. The zero-order valence-corrected chi connectivity index (χ0v) is 12.1. The van der Waals surface area contributed by atoms with Crippen molar-refractivity contribution in [2.75, 3.05) is 30.9 Å². The number of anilines is 2. The maximum Gasteiger partial charge on any atom is 0.150 e. The molecule has 2 aromatic carbocycles. The van der Waals surface area contributed by atoms with Crippen LogP contribution in [0.15, 0.2) is 30.3 Å². The minimum Gasteiger partial charge on any atom is -0.496 e. The fraction of sp³-hybridized carbons (Fsp3) is 0.250. The van der Waals surface area contributed by atoms with E-state index < -0.39 is 5.82 Å². The van der Waals surface area contributed by atoms with Gasteiger partial charge in [0.25, 0.3) is 0 Å². The summed E-state index contributed by atoms with van der Waals surface area (Å²) in [6, 6.07) is 7.48. The number of nitrogen functional groups attached to an aromatic ring is 1. The molecule has 0 saturated carbocycles. The second-order valence-electron chi connectivity index (χ2n) is 5.04. The van der Waals surface area contributed by atoms with Gasteiger partial charge in [0.05, 0.1) is 19.3 Å². The number of hydrogen-bond acceptors (Lipinski definition) is 4. The minimum atomic E-state index is -0.533. The second-order valence-corrected chi connectivity index (χ2v) is 5.04. The molecule has 0 spiro atoms. The zero-order chi connectivity index (χ0) is 15.7. The number of ether oxygens (including phenoxy) is 2. The molecule has 0 atom stereocenters. The molecule has 0 aliphatic carbocycles. The van der Waals surface area contributed by atoms with Crippen molar-refractivity contribution in [2.45, 2.75) is 6.54 Å². The third-order valence-electron chi connectivity index (χ3n) is 3.65. The van der Waals surface area contributed by atoms with Crippen molar-refractivity contribution in [3.05, 3.63) is 47.5 Å². The van der Waals surface area contributed by atoms with Gasteiger partial charge < -0.3 is 20.1 Å². The number of nitrogens with two attached hydrogens (primary N) is 1. The van der Waals surface area contributed by atoms with Gasteiger partial charge in [-0.25, -0.2) is 8.78 Å². The molecule has 3 rings (SSSR count). The monoisotopic (exact) mass is 306 g/mol. The van der Waals surface area contributed by atoms with Gasteiger partial charge in [-0.1, -0.05) is 6.07 Å². The molecule has 0 bridgehead atoms. The van der Waals surface area contributed by atoms with E-state index in [0.29, 0.717) is 42.4 Å². The summed E-state index contributed by atoms with van der Waals surface area (Å²) >= 11 is 0. The lowest BCUT2D eigenvalue weighted by molar-refractivity contribution is 0.303. The summed E-state index contributed by atoms with van der Waals surface area (Å²) in [5.41, 5.74) is 6.76. The van der Waals surface area contributed by atoms with Crippen LogP contribution in [0.4, 0.5) is 20.2 Å². The summed E-state index contributed by atoms with van der Waals surface area (Å²) in [6.07, 6.45) is 0. The summed E-state index contributed by atoms with van der Waals surface area (Å²) in [5, 5.41) is 0. The van der Waals surface area contributed by atoms with E-state index in [1.165, 1.54) is 25.3 Å². The van der Waals surface area contributed by atoms with Crippen LogP contribution in [0, 0.1) is 11.6 Å². The highest BCUT2D eigenvalue weighted by Gasteiger charge is 2.23. The molecule has 0 fully saturated rings. The van der Waals surface area contributed by atoms with Gasteiger partial charge >= 0.3 is 0 Å². The van der Waals surface area contributed by atoms with E-state index in [1.54, 1.807) is 12.1 Å². The molecule has 2 N–H and O–H groups in total. The highest BCUT2D eigenvalue weighted by molar-refractivity contribution is 5.62. The Hall–Kier alpha value is -2.50. The summed E-state index contributed by atoms with van der Waals surface area (Å²) in [4.78, 5) is 1.84. The smallest absolute Gasteiger partial charge is 0.150 e. The first-order chi connectivity index (χ1) is 10.6. The van der Waals surface area contributed by atoms with Crippen molar-refractivity contribution in [1.29, 1.82) is 0 Å². The van der Waals surface area contributed by atoms with E-state index in [4.69, 9.17) is 15.2 Å². The predicted octanol–water partition coefficient (Wildman–Crippen LogP) is 2.95. The molecule has 22 heavy (non-hydrogen) atoms. The SMILES string of the molecule is COc1cc(F)c(N)cc1CN1CCOc2cccc(F)c21. The average Bonchev–Trinajstić information content (AvgIpc) is 2.51. The zero-order valence-electron chi connectivity index (χ0n) is 12.1. The molecular weight excluding hydrogens is 290 g/mol. The summed E-state index contributed by atoms with van der Waals surface area (Å²) in [6.45, 7) is 1.33. The minimum absolute atomic E-state index is 0.0396. The van der Waals surface area contributed by atoms with Gasteiger partial charge in [-0.2, -0.15) is 0 Å². The molecule has 6 heteroatoms. The van der Waals surface area contributed by atoms with Crippen LogP contribution in [0.1, 0.15) is 5.56 Å². The van der Waals surface area contributed by atoms with Crippen LogP contribution in [-0.4, -0.2) is 20.3 Å². The van der Waals surface area contributed by atoms with Gasteiger partial charge in [0, 0.05) is 18.2 Å². The van der Waals surface area contributed by atoms with E-state index >= 15 is 0 Å². The number of rotatable bonds is 3. The predicted molar refractivity (Wildman–Crippen MR) is 80.3 cm³/mol. The number of benzene rings is 2. The van der Waals surface area contributed by atoms with Gasteiger partial charge in [0.15, 0.2) is 0 Å². The lowest BCUT2D eigenvalue weighted by Gasteiger charge is -2.32. The molecule has 0 unspecified atom stereocenters. The van der Waals surface area contributed by atoms with E-state index in [0.717, 1.165) is 0 Å². The van der Waals surface area contributed by atoms with Gasteiger partial charge in [0.2, 0.25) is 0 Å². The Labute approximate surface area is 127 Å². The molecule has 4 nitrogen and oxygen atoms in total. The van der Waals surface area contributed by atoms with Crippen LogP contribution < -0.4 is 20.1 Å². The summed E-state index contributed by atoms with van der Waals surface area (Å²) in [7, 11) is 1.46. The normalized spacial score (nSPS) is 13.5. The Morgan fingerprint density at radius 1 is 1.27 bits per heavy atom. The lowest BCUT2D eigenvalue weighted by Crippen LogP contribution is -2.33. The summed E-state index contributed by atoms with van der Waals surface area (Å²) < 4.78 is 38.3. The summed E-state index contributed by atoms with van der Waals surface area (Å²) in [5.74, 6) is -0.00297. The maximum atomic E-state index is 14.1. The first kappa shape index (κ1) is 14.4. The van der Waals surface area contributed by atoms with E-state index in [1.807, 2.05) is 4.90 Å². The van der Waals surface area contributed by atoms with Crippen LogP contribution in [0.2, 0.25) is 0 Å². The van der Waals surface area contributed by atoms with Gasteiger partial charge in [0.1, 0.15) is 35.4 Å². The number of hydrogen-bond donors (Lipinski definition) is 1. The topological polar surface area (TPSA) is 47.7 Å². The van der Waals surface area contributed by atoms with Crippen LogP contribution >= 0.6 is 0 Å². The van der Waals surface area contributed by atoms with Crippen LogP contribution in [0.5, 0.6) is 11.5 Å². The van der Waals surface area contributed by atoms with Gasteiger partial charge in [-0.15, -0.1) is 0 Å². The standard InChI is InChI=1S/C16H16F2N2O2/c1-21-15-8-12(18)13(19)7-10(15)9-20-5-6-22-14-4-2-3-11(17)16(14)20/h2-4,7-8H,5-6,9,19H2,1H3. The number of nitrogens with zero attached hydrogens (tertiary/aromatic N) is 1. The Morgan fingerprint density at radius 2 is 2.09 bits per heavy atom. The van der Waals surface area contributed by atoms with E-state index in [9.17, 15) is 8.78 Å². The Kier molecular flexibility index (Phi) is 3.75. The Bertz CT molecular complexity index is 707. The maximum absolute atomic E-state index is 14.1. The highest BCUT2D eigenvalue weighted by atomic mass is 19.1. The molecule has 1 aliphatic heterocycles. The van der Waals surface area contributed by atoms with Crippen molar-refractivity contribution in [2.24, 2.45) is 0 Å². The highest BCUT2D eigenvalue weighted by Crippen LogP contribution is 2.36. The molecule has 0 amide bonds.